The Bertz CT molecular complexity index is 533. The van der Waals surface area contributed by atoms with Crippen LogP contribution in [0, 0.1) is 5.82 Å². The van der Waals surface area contributed by atoms with Crippen molar-refractivity contribution in [2.24, 2.45) is 0 Å². The van der Waals surface area contributed by atoms with Gasteiger partial charge in [0.05, 0.1) is 0 Å². The zero-order valence-corrected chi connectivity index (χ0v) is 12.2. The Labute approximate surface area is 120 Å². The van der Waals surface area contributed by atoms with Crippen LogP contribution in [0.4, 0.5) is 4.39 Å². The first-order chi connectivity index (χ1) is 9.69. The van der Waals surface area contributed by atoms with Crippen LogP contribution in [0.5, 0.6) is 0 Å². The largest absolute Gasteiger partial charge is 0.310 e. The topological polar surface area (TPSA) is 12.0 Å². The summed E-state index contributed by atoms with van der Waals surface area (Å²) in [6, 6.07) is 15.7. The lowest BCUT2D eigenvalue weighted by Crippen LogP contribution is -2.27. The Morgan fingerprint density at radius 2 is 1.65 bits per heavy atom. The van der Waals surface area contributed by atoms with E-state index in [0.717, 1.165) is 24.9 Å². The third-order valence-electron chi connectivity index (χ3n) is 3.60. The Balaban J connectivity index is 1.88. The van der Waals surface area contributed by atoms with Gasteiger partial charge in [0.25, 0.3) is 0 Å². The molecule has 0 spiro atoms. The third-order valence-corrected chi connectivity index (χ3v) is 3.60. The van der Waals surface area contributed by atoms with Crippen LogP contribution in [-0.4, -0.2) is 6.04 Å². The molecular formula is C18H22FN. The van der Waals surface area contributed by atoms with Crippen molar-refractivity contribution in [1.82, 2.24) is 5.32 Å². The maximum Gasteiger partial charge on any atom is 0.123 e. The quantitative estimate of drug-likeness (QED) is 0.833. The van der Waals surface area contributed by atoms with E-state index in [1.165, 1.54) is 23.3 Å². The molecule has 0 aromatic heterocycles. The van der Waals surface area contributed by atoms with Gasteiger partial charge in [0.15, 0.2) is 0 Å². The van der Waals surface area contributed by atoms with Crippen molar-refractivity contribution in [2.45, 2.75) is 39.3 Å². The lowest BCUT2D eigenvalue weighted by atomic mass is 10.0. The smallest absolute Gasteiger partial charge is 0.123 e. The highest BCUT2D eigenvalue weighted by atomic mass is 19.1. The maximum absolute atomic E-state index is 12.9. The summed E-state index contributed by atoms with van der Waals surface area (Å²) in [6.45, 7) is 5.23. The lowest BCUT2D eigenvalue weighted by Gasteiger charge is -2.15. The highest BCUT2D eigenvalue weighted by molar-refractivity contribution is 5.27. The molecule has 0 radical (unpaired) electrons. The van der Waals surface area contributed by atoms with E-state index < -0.39 is 0 Å². The fourth-order valence-electron chi connectivity index (χ4n) is 2.41. The minimum Gasteiger partial charge on any atom is -0.310 e. The SMILES string of the molecule is CCc1ccccc1CNC(C)Cc1ccc(F)cc1. The van der Waals surface area contributed by atoms with Crippen LogP contribution < -0.4 is 5.32 Å². The molecule has 0 aliphatic heterocycles. The predicted octanol–water partition coefficient (Wildman–Crippen LogP) is 4.11. The first kappa shape index (κ1) is 14.7. The van der Waals surface area contributed by atoms with Gasteiger partial charge in [0.2, 0.25) is 0 Å². The molecular weight excluding hydrogens is 249 g/mol. The summed E-state index contributed by atoms with van der Waals surface area (Å²) in [5, 5.41) is 3.54. The van der Waals surface area contributed by atoms with Gasteiger partial charge in [-0.25, -0.2) is 4.39 Å². The zero-order chi connectivity index (χ0) is 14.4. The van der Waals surface area contributed by atoms with Crippen LogP contribution in [0.3, 0.4) is 0 Å². The van der Waals surface area contributed by atoms with E-state index in [4.69, 9.17) is 0 Å². The van der Waals surface area contributed by atoms with E-state index in [0.29, 0.717) is 6.04 Å². The number of hydrogen-bond acceptors (Lipinski definition) is 1. The van der Waals surface area contributed by atoms with Crippen LogP contribution in [0.25, 0.3) is 0 Å². The van der Waals surface area contributed by atoms with Crippen LogP contribution in [-0.2, 0) is 19.4 Å². The first-order valence-electron chi connectivity index (χ1n) is 7.23. The average molecular weight is 271 g/mol. The summed E-state index contributed by atoms with van der Waals surface area (Å²) < 4.78 is 12.9. The van der Waals surface area contributed by atoms with Gasteiger partial charge >= 0.3 is 0 Å². The first-order valence-corrected chi connectivity index (χ1v) is 7.23. The Morgan fingerprint density at radius 1 is 1.00 bits per heavy atom. The average Bonchev–Trinajstić information content (AvgIpc) is 2.48. The van der Waals surface area contributed by atoms with Crippen molar-refractivity contribution in [1.29, 1.82) is 0 Å². The molecule has 2 aromatic rings. The second-order valence-electron chi connectivity index (χ2n) is 5.23. The molecule has 106 valence electrons. The van der Waals surface area contributed by atoms with Crippen LogP contribution in [0.1, 0.15) is 30.5 Å². The van der Waals surface area contributed by atoms with Crippen molar-refractivity contribution >= 4 is 0 Å². The molecule has 2 rings (SSSR count). The molecule has 1 nitrogen and oxygen atoms in total. The van der Waals surface area contributed by atoms with Crippen LogP contribution in [0.2, 0.25) is 0 Å². The summed E-state index contributed by atoms with van der Waals surface area (Å²) in [4.78, 5) is 0. The molecule has 20 heavy (non-hydrogen) atoms. The summed E-state index contributed by atoms with van der Waals surface area (Å²) in [7, 11) is 0. The molecule has 0 aliphatic carbocycles. The van der Waals surface area contributed by atoms with Gasteiger partial charge in [-0.15, -0.1) is 0 Å². The monoisotopic (exact) mass is 271 g/mol. The predicted molar refractivity (Wildman–Crippen MR) is 82.2 cm³/mol. The van der Waals surface area contributed by atoms with E-state index in [-0.39, 0.29) is 5.82 Å². The van der Waals surface area contributed by atoms with Gasteiger partial charge in [-0.3, -0.25) is 0 Å². The number of halogens is 1. The van der Waals surface area contributed by atoms with Crippen molar-refractivity contribution < 1.29 is 4.39 Å². The molecule has 2 aromatic carbocycles. The van der Waals surface area contributed by atoms with Crippen LogP contribution in [0.15, 0.2) is 48.5 Å². The Hall–Kier alpha value is -1.67. The van der Waals surface area contributed by atoms with Crippen LogP contribution >= 0.6 is 0 Å². The second-order valence-corrected chi connectivity index (χ2v) is 5.23. The lowest BCUT2D eigenvalue weighted by molar-refractivity contribution is 0.543. The maximum atomic E-state index is 12.9. The van der Waals surface area contributed by atoms with Crippen molar-refractivity contribution in [2.75, 3.05) is 0 Å². The molecule has 2 heteroatoms. The fraction of sp³-hybridized carbons (Fsp3) is 0.333. The number of aryl methyl sites for hydroxylation is 1. The molecule has 0 amide bonds. The molecule has 0 bridgehead atoms. The molecule has 1 atom stereocenters. The summed E-state index contributed by atoms with van der Waals surface area (Å²) in [6.07, 6.45) is 1.97. The summed E-state index contributed by atoms with van der Waals surface area (Å²) in [5.41, 5.74) is 3.92. The number of rotatable bonds is 6. The summed E-state index contributed by atoms with van der Waals surface area (Å²) >= 11 is 0. The zero-order valence-electron chi connectivity index (χ0n) is 12.2. The normalized spacial score (nSPS) is 12.3. The van der Waals surface area contributed by atoms with Gasteiger partial charge in [-0.05, 0) is 48.6 Å². The van der Waals surface area contributed by atoms with Crippen molar-refractivity contribution in [3.63, 3.8) is 0 Å². The highest BCUT2D eigenvalue weighted by Gasteiger charge is 2.05. The Morgan fingerprint density at radius 3 is 2.30 bits per heavy atom. The fourth-order valence-corrected chi connectivity index (χ4v) is 2.41. The molecule has 0 saturated heterocycles. The molecule has 0 heterocycles. The molecule has 0 fully saturated rings. The Kier molecular flexibility index (Phi) is 5.31. The van der Waals surface area contributed by atoms with E-state index in [1.54, 1.807) is 0 Å². The van der Waals surface area contributed by atoms with Crippen molar-refractivity contribution in [3.05, 3.63) is 71.0 Å². The second kappa shape index (κ2) is 7.20. The third kappa shape index (κ3) is 4.17. The molecule has 1 unspecified atom stereocenters. The highest BCUT2D eigenvalue weighted by Crippen LogP contribution is 2.10. The molecule has 0 saturated carbocycles. The van der Waals surface area contributed by atoms with Gasteiger partial charge in [-0.1, -0.05) is 43.3 Å². The van der Waals surface area contributed by atoms with E-state index >= 15 is 0 Å². The van der Waals surface area contributed by atoms with E-state index in [2.05, 4.69) is 43.4 Å². The van der Waals surface area contributed by atoms with E-state index in [1.807, 2.05) is 12.1 Å². The number of benzene rings is 2. The van der Waals surface area contributed by atoms with Crippen molar-refractivity contribution in [3.8, 4) is 0 Å². The van der Waals surface area contributed by atoms with Gasteiger partial charge in [-0.2, -0.15) is 0 Å². The molecule has 0 aliphatic rings. The van der Waals surface area contributed by atoms with Gasteiger partial charge in [0, 0.05) is 12.6 Å². The number of hydrogen-bond donors (Lipinski definition) is 1. The number of nitrogens with one attached hydrogen (secondary N) is 1. The minimum atomic E-state index is -0.175. The summed E-state index contributed by atoms with van der Waals surface area (Å²) in [5.74, 6) is -0.175. The van der Waals surface area contributed by atoms with Gasteiger partial charge in [0.1, 0.15) is 5.82 Å². The molecule has 1 N–H and O–H groups in total. The standard InChI is InChI=1S/C18H22FN/c1-3-16-6-4-5-7-17(16)13-20-14(2)12-15-8-10-18(19)11-9-15/h4-11,14,20H,3,12-13H2,1-2H3. The van der Waals surface area contributed by atoms with Gasteiger partial charge < -0.3 is 5.32 Å². The van der Waals surface area contributed by atoms with E-state index in [9.17, 15) is 4.39 Å². The minimum absolute atomic E-state index is 0.175.